The molecule has 1 atom stereocenters. The van der Waals surface area contributed by atoms with Crippen LogP contribution in [-0.2, 0) is 12.0 Å². The molecule has 3 heteroatoms. The number of rotatable bonds is 3. The summed E-state index contributed by atoms with van der Waals surface area (Å²) in [6.07, 6.45) is 2.31. The third-order valence-corrected chi connectivity index (χ3v) is 5.59. The first-order chi connectivity index (χ1) is 11.7. The molecule has 1 unspecified atom stereocenters. The number of fused-ring (bicyclic) bond motifs is 1. The van der Waals surface area contributed by atoms with E-state index in [1.54, 1.807) is 0 Å². The smallest absolute Gasteiger partial charge is 0.167 e. The predicted molar refractivity (Wildman–Crippen MR) is 94.0 cm³/mol. The molecule has 0 spiro atoms. The van der Waals surface area contributed by atoms with Gasteiger partial charge < -0.3 is 10.0 Å². The van der Waals surface area contributed by atoms with Gasteiger partial charge in [-0.15, -0.1) is 0 Å². The molecule has 1 heterocycles. The maximum absolute atomic E-state index is 12.5. The van der Waals surface area contributed by atoms with Crippen molar-refractivity contribution < 1.29 is 9.90 Å². The normalized spacial score (nSPS) is 23.2. The van der Waals surface area contributed by atoms with Gasteiger partial charge in [0, 0.05) is 31.1 Å². The number of hydrogen-bond donors (Lipinski definition) is 1. The molecular weight excluding hydrogens is 298 g/mol. The van der Waals surface area contributed by atoms with Crippen LogP contribution < -0.4 is 0 Å². The summed E-state index contributed by atoms with van der Waals surface area (Å²) in [5.74, 6) is 0.361. The molecule has 24 heavy (non-hydrogen) atoms. The van der Waals surface area contributed by atoms with Crippen molar-refractivity contribution in [3.05, 3.63) is 71.3 Å². The number of carbonyl (C=O) groups is 1. The number of benzene rings is 2. The molecule has 2 aromatic carbocycles. The van der Waals surface area contributed by atoms with Gasteiger partial charge >= 0.3 is 0 Å². The minimum atomic E-state index is -0.722. The lowest BCUT2D eigenvalue weighted by Crippen LogP contribution is -2.44. The van der Waals surface area contributed by atoms with Crippen LogP contribution in [0.4, 0.5) is 0 Å². The summed E-state index contributed by atoms with van der Waals surface area (Å²) in [7, 11) is 0. The fourth-order valence-corrected chi connectivity index (χ4v) is 4.12. The van der Waals surface area contributed by atoms with Gasteiger partial charge in [-0.3, -0.25) is 4.79 Å². The number of carbonyl (C=O) groups excluding carboxylic acids is 1. The molecule has 0 aromatic heterocycles. The Kier molecular flexibility index (Phi) is 3.99. The van der Waals surface area contributed by atoms with Crippen molar-refractivity contribution in [1.29, 1.82) is 0 Å². The van der Waals surface area contributed by atoms with Crippen LogP contribution in [0.15, 0.2) is 54.6 Å². The van der Waals surface area contributed by atoms with Gasteiger partial charge in [-0.1, -0.05) is 54.6 Å². The van der Waals surface area contributed by atoms with Gasteiger partial charge in [0.15, 0.2) is 5.78 Å². The highest BCUT2D eigenvalue weighted by atomic mass is 16.3. The van der Waals surface area contributed by atoms with Gasteiger partial charge in [0.25, 0.3) is 0 Å². The van der Waals surface area contributed by atoms with E-state index in [4.69, 9.17) is 0 Å². The van der Waals surface area contributed by atoms with E-state index in [1.807, 2.05) is 48.5 Å². The molecule has 1 saturated heterocycles. The molecule has 0 saturated carbocycles. The maximum Gasteiger partial charge on any atom is 0.167 e. The second-order valence-electron chi connectivity index (χ2n) is 7.12. The molecule has 0 radical (unpaired) electrons. The van der Waals surface area contributed by atoms with Crippen molar-refractivity contribution in [3.8, 4) is 0 Å². The van der Waals surface area contributed by atoms with E-state index in [-0.39, 0.29) is 11.7 Å². The van der Waals surface area contributed by atoms with Crippen LogP contribution in [0.2, 0.25) is 0 Å². The van der Waals surface area contributed by atoms with Crippen LogP contribution in [0.3, 0.4) is 0 Å². The van der Waals surface area contributed by atoms with Gasteiger partial charge in [-0.2, -0.15) is 0 Å². The first kappa shape index (κ1) is 15.6. The highest BCUT2D eigenvalue weighted by Gasteiger charge is 2.36. The van der Waals surface area contributed by atoms with Crippen LogP contribution >= 0.6 is 0 Å². The summed E-state index contributed by atoms with van der Waals surface area (Å²) in [4.78, 5) is 14.9. The Bertz CT molecular complexity index is 733. The first-order valence-corrected chi connectivity index (χ1v) is 8.78. The lowest BCUT2D eigenvalue weighted by molar-refractivity contribution is -0.0279. The number of hydrogen-bond acceptors (Lipinski definition) is 3. The van der Waals surface area contributed by atoms with E-state index in [1.165, 1.54) is 5.56 Å². The Hall–Kier alpha value is -1.97. The van der Waals surface area contributed by atoms with Crippen molar-refractivity contribution in [2.45, 2.75) is 24.9 Å². The third kappa shape index (κ3) is 2.79. The summed E-state index contributed by atoms with van der Waals surface area (Å²) < 4.78 is 0. The molecular formula is C21H23NO2. The van der Waals surface area contributed by atoms with Gasteiger partial charge in [-0.25, -0.2) is 0 Å². The summed E-state index contributed by atoms with van der Waals surface area (Å²) >= 11 is 0. The minimum Gasteiger partial charge on any atom is -0.385 e. The van der Waals surface area contributed by atoms with Crippen LogP contribution in [0.5, 0.6) is 0 Å². The number of nitrogens with zero attached hydrogens (tertiary/aromatic N) is 1. The molecule has 3 nitrogen and oxygen atoms in total. The molecule has 1 aliphatic heterocycles. The zero-order valence-electron chi connectivity index (χ0n) is 13.8. The molecule has 2 aliphatic rings. The summed E-state index contributed by atoms with van der Waals surface area (Å²) in [5, 5.41) is 10.9. The molecule has 0 amide bonds. The zero-order chi connectivity index (χ0) is 16.6. The predicted octanol–water partition coefficient (Wildman–Crippen LogP) is 3.03. The quantitative estimate of drug-likeness (QED) is 0.945. The average Bonchev–Trinajstić information content (AvgIpc) is 2.94. The number of piperidine rings is 1. The van der Waals surface area contributed by atoms with Gasteiger partial charge in [-0.05, 0) is 30.4 Å². The number of aliphatic hydroxyl groups is 1. The molecule has 124 valence electrons. The Balaban J connectivity index is 1.39. The fourth-order valence-electron chi connectivity index (χ4n) is 4.12. The maximum atomic E-state index is 12.5. The van der Waals surface area contributed by atoms with Crippen molar-refractivity contribution in [2.24, 2.45) is 5.92 Å². The van der Waals surface area contributed by atoms with Crippen molar-refractivity contribution >= 4 is 5.78 Å². The van der Waals surface area contributed by atoms with Crippen LogP contribution in [0.25, 0.3) is 0 Å². The Morgan fingerprint density at radius 3 is 2.38 bits per heavy atom. The monoisotopic (exact) mass is 321 g/mol. The van der Waals surface area contributed by atoms with Crippen LogP contribution in [-0.4, -0.2) is 35.4 Å². The molecule has 0 bridgehead atoms. The molecule has 4 rings (SSSR count). The topological polar surface area (TPSA) is 40.5 Å². The number of ketones is 1. The third-order valence-electron chi connectivity index (χ3n) is 5.59. The van der Waals surface area contributed by atoms with Gasteiger partial charge in [0.05, 0.1) is 5.60 Å². The summed E-state index contributed by atoms with van der Waals surface area (Å²) in [6.45, 7) is 2.48. The second-order valence-corrected chi connectivity index (χ2v) is 7.12. The highest BCUT2D eigenvalue weighted by molar-refractivity contribution is 6.02. The standard InChI is InChI=1S/C21H23NO2/c23-20-17(14-16-6-4-5-9-19(16)20)15-22-12-10-21(24,11-13-22)18-7-2-1-3-8-18/h1-9,17,24H,10-15H2. The average molecular weight is 321 g/mol. The van der Waals surface area contributed by atoms with E-state index in [0.29, 0.717) is 0 Å². The van der Waals surface area contributed by atoms with Gasteiger partial charge in [0.2, 0.25) is 0 Å². The SMILES string of the molecule is O=C1c2ccccc2CC1CN1CCC(O)(c2ccccc2)CC1. The Morgan fingerprint density at radius 2 is 1.67 bits per heavy atom. The van der Waals surface area contributed by atoms with Crippen molar-refractivity contribution in [2.75, 3.05) is 19.6 Å². The summed E-state index contributed by atoms with van der Waals surface area (Å²) in [5.41, 5.74) is 2.38. The lowest BCUT2D eigenvalue weighted by Gasteiger charge is -2.39. The minimum absolute atomic E-state index is 0.0744. The summed E-state index contributed by atoms with van der Waals surface area (Å²) in [6, 6.07) is 17.9. The highest BCUT2D eigenvalue weighted by Crippen LogP contribution is 2.34. The molecule has 2 aromatic rings. The van der Waals surface area contributed by atoms with E-state index in [2.05, 4.69) is 11.0 Å². The van der Waals surface area contributed by atoms with Gasteiger partial charge in [0.1, 0.15) is 0 Å². The largest absolute Gasteiger partial charge is 0.385 e. The van der Waals surface area contributed by atoms with E-state index >= 15 is 0 Å². The Labute approximate surface area is 142 Å². The van der Waals surface area contributed by atoms with E-state index in [0.717, 1.165) is 50.0 Å². The van der Waals surface area contributed by atoms with E-state index in [9.17, 15) is 9.90 Å². The van der Waals surface area contributed by atoms with Crippen molar-refractivity contribution in [3.63, 3.8) is 0 Å². The molecule has 1 aliphatic carbocycles. The molecule has 1 N–H and O–H groups in total. The van der Waals surface area contributed by atoms with Crippen LogP contribution in [0, 0.1) is 5.92 Å². The number of Topliss-reactive ketones (excluding diaryl/α,β-unsaturated/α-hetero) is 1. The molecule has 1 fully saturated rings. The number of likely N-dealkylation sites (tertiary alicyclic amines) is 1. The Morgan fingerprint density at radius 1 is 1.00 bits per heavy atom. The fraction of sp³-hybridized carbons (Fsp3) is 0.381. The second kappa shape index (κ2) is 6.15. The van der Waals surface area contributed by atoms with E-state index < -0.39 is 5.60 Å². The lowest BCUT2D eigenvalue weighted by atomic mass is 9.84. The zero-order valence-corrected chi connectivity index (χ0v) is 13.8. The first-order valence-electron chi connectivity index (χ1n) is 8.78. The van der Waals surface area contributed by atoms with Crippen LogP contribution in [0.1, 0.15) is 34.3 Å². The van der Waals surface area contributed by atoms with Crippen molar-refractivity contribution in [1.82, 2.24) is 4.90 Å².